The van der Waals surface area contributed by atoms with Gasteiger partial charge in [0.1, 0.15) is 5.75 Å². The topological polar surface area (TPSA) is 87.7 Å². The van der Waals surface area contributed by atoms with E-state index in [2.05, 4.69) is 10.6 Å². The quantitative estimate of drug-likeness (QED) is 0.804. The highest BCUT2D eigenvalue weighted by molar-refractivity contribution is 6.31. The summed E-state index contributed by atoms with van der Waals surface area (Å²) >= 11 is 6.05. The van der Waals surface area contributed by atoms with Crippen LogP contribution in [0.1, 0.15) is 13.3 Å². The Morgan fingerprint density at radius 2 is 1.86 bits per heavy atom. The number of methoxy groups -OCH3 is 1. The lowest BCUT2D eigenvalue weighted by Gasteiger charge is -2.20. The molecule has 7 nitrogen and oxygen atoms in total. The van der Waals surface area contributed by atoms with E-state index in [-0.39, 0.29) is 30.7 Å². The lowest BCUT2D eigenvalue weighted by molar-refractivity contribution is -0.122. The summed E-state index contributed by atoms with van der Waals surface area (Å²) in [5.41, 5.74) is 1.67. The summed E-state index contributed by atoms with van der Waals surface area (Å²) in [6.07, 6.45) is 0.0902. The van der Waals surface area contributed by atoms with Gasteiger partial charge in [-0.2, -0.15) is 0 Å². The molecule has 1 saturated heterocycles. The first-order valence-corrected chi connectivity index (χ1v) is 9.07. The number of ether oxygens (including phenoxy) is 1. The standard InChI is InChI=1S/C20H20ClN3O4/c1-12(25)22-15-4-3-5-16(10-15)23-20(27)13-8-19(26)24(11-13)17-9-14(21)6-7-18(17)28-2/h3-7,9-10,13H,8,11H2,1-2H3,(H,22,25)(H,23,27)/t13-/m1/s1. The van der Waals surface area contributed by atoms with E-state index in [1.165, 1.54) is 18.9 Å². The van der Waals surface area contributed by atoms with Crippen molar-refractivity contribution in [1.29, 1.82) is 0 Å². The molecule has 0 unspecified atom stereocenters. The summed E-state index contributed by atoms with van der Waals surface area (Å²) in [5.74, 6) is -0.636. The van der Waals surface area contributed by atoms with E-state index in [0.29, 0.717) is 27.8 Å². The molecule has 0 spiro atoms. The summed E-state index contributed by atoms with van der Waals surface area (Å²) in [5, 5.41) is 5.94. The number of amides is 3. The Labute approximate surface area is 167 Å². The van der Waals surface area contributed by atoms with Crippen LogP contribution >= 0.6 is 11.6 Å². The monoisotopic (exact) mass is 401 g/mol. The van der Waals surface area contributed by atoms with Crippen molar-refractivity contribution in [3.05, 3.63) is 47.5 Å². The number of nitrogens with zero attached hydrogens (tertiary/aromatic N) is 1. The normalized spacial score (nSPS) is 16.0. The number of nitrogens with one attached hydrogen (secondary N) is 2. The summed E-state index contributed by atoms with van der Waals surface area (Å²) in [7, 11) is 1.51. The van der Waals surface area contributed by atoms with Crippen molar-refractivity contribution >= 4 is 46.4 Å². The Hall–Kier alpha value is -3.06. The Morgan fingerprint density at radius 3 is 2.54 bits per heavy atom. The summed E-state index contributed by atoms with van der Waals surface area (Å²) in [6.45, 7) is 1.64. The Morgan fingerprint density at radius 1 is 1.14 bits per heavy atom. The molecule has 3 amide bonds. The maximum Gasteiger partial charge on any atom is 0.229 e. The number of carbonyl (C=O) groups excluding carboxylic acids is 3. The van der Waals surface area contributed by atoms with Crippen LogP contribution < -0.4 is 20.3 Å². The van der Waals surface area contributed by atoms with Crippen LogP contribution in [0.3, 0.4) is 0 Å². The minimum atomic E-state index is -0.513. The predicted molar refractivity (Wildman–Crippen MR) is 108 cm³/mol. The second-order valence-electron chi connectivity index (χ2n) is 6.47. The third-order valence-corrected chi connectivity index (χ3v) is 4.61. The highest BCUT2D eigenvalue weighted by atomic mass is 35.5. The van der Waals surface area contributed by atoms with Gasteiger partial charge in [0, 0.05) is 36.3 Å². The van der Waals surface area contributed by atoms with E-state index < -0.39 is 5.92 Å². The highest BCUT2D eigenvalue weighted by Gasteiger charge is 2.36. The van der Waals surface area contributed by atoms with Crippen LogP contribution in [0.2, 0.25) is 5.02 Å². The first kappa shape index (κ1) is 19.7. The molecule has 0 radical (unpaired) electrons. The molecule has 2 N–H and O–H groups in total. The van der Waals surface area contributed by atoms with Gasteiger partial charge in [0.25, 0.3) is 0 Å². The van der Waals surface area contributed by atoms with E-state index in [1.807, 2.05) is 0 Å². The van der Waals surface area contributed by atoms with E-state index in [4.69, 9.17) is 16.3 Å². The third kappa shape index (κ3) is 4.43. The molecule has 1 aliphatic heterocycles. The summed E-state index contributed by atoms with van der Waals surface area (Å²) in [6, 6.07) is 11.8. The minimum Gasteiger partial charge on any atom is -0.495 e. The molecular formula is C20H20ClN3O4. The fourth-order valence-electron chi connectivity index (χ4n) is 3.11. The van der Waals surface area contributed by atoms with Crippen molar-refractivity contribution < 1.29 is 19.1 Å². The van der Waals surface area contributed by atoms with Gasteiger partial charge in [0.15, 0.2) is 0 Å². The molecule has 1 atom stereocenters. The van der Waals surface area contributed by atoms with Crippen molar-refractivity contribution in [1.82, 2.24) is 0 Å². The van der Waals surface area contributed by atoms with Gasteiger partial charge >= 0.3 is 0 Å². The fourth-order valence-corrected chi connectivity index (χ4v) is 3.28. The van der Waals surface area contributed by atoms with E-state index in [1.54, 1.807) is 42.5 Å². The molecule has 1 heterocycles. The van der Waals surface area contributed by atoms with E-state index in [0.717, 1.165) is 0 Å². The van der Waals surface area contributed by atoms with E-state index >= 15 is 0 Å². The molecule has 3 rings (SSSR count). The van der Waals surface area contributed by atoms with Crippen molar-refractivity contribution in [2.45, 2.75) is 13.3 Å². The zero-order chi connectivity index (χ0) is 20.3. The van der Waals surface area contributed by atoms with Crippen LogP contribution in [0.5, 0.6) is 5.75 Å². The summed E-state index contributed by atoms with van der Waals surface area (Å²) in [4.78, 5) is 37.8. The van der Waals surface area contributed by atoms with Gasteiger partial charge in [-0.15, -0.1) is 0 Å². The van der Waals surface area contributed by atoms with Crippen molar-refractivity contribution in [3.63, 3.8) is 0 Å². The maximum atomic E-state index is 12.7. The van der Waals surface area contributed by atoms with Crippen molar-refractivity contribution in [3.8, 4) is 5.75 Å². The molecule has 1 fully saturated rings. The third-order valence-electron chi connectivity index (χ3n) is 4.38. The number of halogens is 1. The lowest BCUT2D eigenvalue weighted by atomic mass is 10.1. The molecule has 2 aromatic rings. The van der Waals surface area contributed by atoms with Gasteiger partial charge in [0.2, 0.25) is 17.7 Å². The number of rotatable bonds is 5. The van der Waals surface area contributed by atoms with Crippen LogP contribution in [-0.4, -0.2) is 31.4 Å². The molecule has 146 valence electrons. The molecule has 0 aromatic heterocycles. The first-order valence-electron chi connectivity index (χ1n) is 8.70. The molecule has 0 bridgehead atoms. The minimum absolute atomic E-state index is 0.0902. The Kier molecular flexibility index (Phi) is 5.84. The predicted octanol–water partition coefficient (Wildman–Crippen LogP) is 3.30. The smallest absolute Gasteiger partial charge is 0.229 e. The molecule has 0 saturated carbocycles. The van der Waals surface area contributed by atoms with Crippen LogP contribution in [0, 0.1) is 5.92 Å². The number of hydrogen-bond donors (Lipinski definition) is 2. The van der Waals surface area contributed by atoms with Crippen LogP contribution in [0.15, 0.2) is 42.5 Å². The molecule has 8 heteroatoms. The molecular weight excluding hydrogens is 382 g/mol. The van der Waals surface area contributed by atoms with Crippen molar-refractivity contribution in [2.75, 3.05) is 29.2 Å². The fraction of sp³-hybridized carbons (Fsp3) is 0.250. The first-order chi connectivity index (χ1) is 13.4. The second-order valence-corrected chi connectivity index (χ2v) is 6.91. The molecule has 28 heavy (non-hydrogen) atoms. The average molecular weight is 402 g/mol. The molecule has 1 aliphatic rings. The number of anilines is 3. The number of hydrogen-bond acceptors (Lipinski definition) is 4. The Balaban J connectivity index is 1.72. The van der Waals surface area contributed by atoms with Crippen LogP contribution in [-0.2, 0) is 14.4 Å². The Bertz CT molecular complexity index is 931. The largest absolute Gasteiger partial charge is 0.495 e. The van der Waals surface area contributed by atoms with Gasteiger partial charge in [-0.25, -0.2) is 0 Å². The van der Waals surface area contributed by atoms with E-state index in [9.17, 15) is 14.4 Å². The number of benzene rings is 2. The van der Waals surface area contributed by atoms with Gasteiger partial charge < -0.3 is 20.3 Å². The molecule has 2 aromatic carbocycles. The van der Waals surface area contributed by atoms with Gasteiger partial charge in [-0.05, 0) is 36.4 Å². The second kappa shape index (κ2) is 8.31. The average Bonchev–Trinajstić information content (AvgIpc) is 3.03. The molecule has 0 aliphatic carbocycles. The zero-order valence-corrected chi connectivity index (χ0v) is 16.2. The maximum absolute atomic E-state index is 12.7. The lowest BCUT2D eigenvalue weighted by Crippen LogP contribution is -2.28. The van der Waals surface area contributed by atoms with Crippen LogP contribution in [0.25, 0.3) is 0 Å². The van der Waals surface area contributed by atoms with Gasteiger partial charge in [-0.1, -0.05) is 17.7 Å². The van der Waals surface area contributed by atoms with Crippen LogP contribution in [0.4, 0.5) is 17.1 Å². The zero-order valence-electron chi connectivity index (χ0n) is 15.5. The number of carbonyl (C=O) groups is 3. The van der Waals surface area contributed by atoms with Gasteiger partial charge in [-0.3, -0.25) is 14.4 Å². The SMILES string of the molecule is COc1ccc(Cl)cc1N1C[C@H](C(=O)Nc2cccc(NC(C)=O)c2)CC1=O. The highest BCUT2D eigenvalue weighted by Crippen LogP contribution is 2.35. The van der Waals surface area contributed by atoms with Crippen molar-refractivity contribution in [2.24, 2.45) is 5.92 Å². The summed E-state index contributed by atoms with van der Waals surface area (Å²) < 4.78 is 5.31. The van der Waals surface area contributed by atoms with Gasteiger partial charge in [0.05, 0.1) is 18.7 Å².